The molecule has 0 aromatic heterocycles. The van der Waals surface area contributed by atoms with Gasteiger partial charge in [-0.1, -0.05) is 0 Å². The first-order valence-corrected chi connectivity index (χ1v) is 7.14. The predicted octanol–water partition coefficient (Wildman–Crippen LogP) is 2.02. The van der Waals surface area contributed by atoms with Gasteiger partial charge in [0.1, 0.15) is 5.82 Å². The van der Waals surface area contributed by atoms with Crippen molar-refractivity contribution in [3.8, 4) is 12.3 Å². The Labute approximate surface area is 111 Å². The van der Waals surface area contributed by atoms with Gasteiger partial charge in [-0.2, -0.15) is 0 Å². The molecule has 0 radical (unpaired) electrons. The SMILES string of the molecule is C#CCCCS(=O)(=O)c1cc(C(=O)O)cc(F)c1C. The molecule has 19 heavy (non-hydrogen) atoms. The van der Waals surface area contributed by atoms with Crippen LogP contribution in [-0.2, 0) is 9.84 Å². The van der Waals surface area contributed by atoms with E-state index in [-0.39, 0.29) is 22.6 Å². The largest absolute Gasteiger partial charge is 0.478 e. The highest BCUT2D eigenvalue weighted by molar-refractivity contribution is 7.91. The molecule has 0 spiro atoms. The number of carboxylic acid groups (broad SMARTS) is 1. The third kappa shape index (κ3) is 3.55. The van der Waals surface area contributed by atoms with Gasteiger partial charge in [0, 0.05) is 12.0 Å². The Kier molecular flexibility index (Phi) is 4.67. The second-order valence-corrected chi connectivity index (χ2v) is 6.09. The lowest BCUT2D eigenvalue weighted by Crippen LogP contribution is -2.11. The number of aromatic carboxylic acids is 1. The molecular formula is C13H13FO4S. The van der Waals surface area contributed by atoms with Crippen molar-refractivity contribution < 1.29 is 22.7 Å². The summed E-state index contributed by atoms with van der Waals surface area (Å²) in [7, 11) is -3.74. The maximum absolute atomic E-state index is 13.6. The van der Waals surface area contributed by atoms with Crippen LogP contribution >= 0.6 is 0 Å². The molecule has 6 heteroatoms. The highest BCUT2D eigenvalue weighted by Crippen LogP contribution is 2.22. The summed E-state index contributed by atoms with van der Waals surface area (Å²) < 4.78 is 37.6. The van der Waals surface area contributed by atoms with Gasteiger partial charge < -0.3 is 5.11 Å². The molecule has 0 bridgehead atoms. The average Bonchev–Trinajstić information content (AvgIpc) is 2.32. The fraction of sp³-hybridized carbons (Fsp3) is 0.308. The van der Waals surface area contributed by atoms with Gasteiger partial charge in [0.05, 0.1) is 16.2 Å². The molecule has 0 amide bonds. The first kappa shape index (κ1) is 15.2. The number of sulfone groups is 1. The number of rotatable bonds is 5. The van der Waals surface area contributed by atoms with E-state index in [2.05, 4.69) is 5.92 Å². The lowest BCUT2D eigenvalue weighted by molar-refractivity contribution is 0.0696. The van der Waals surface area contributed by atoms with Crippen LogP contribution in [0.25, 0.3) is 0 Å². The van der Waals surface area contributed by atoms with E-state index in [1.54, 1.807) is 0 Å². The zero-order chi connectivity index (χ0) is 14.6. The molecule has 0 saturated carbocycles. The summed E-state index contributed by atoms with van der Waals surface area (Å²) in [5, 5.41) is 8.82. The zero-order valence-corrected chi connectivity index (χ0v) is 11.1. The summed E-state index contributed by atoms with van der Waals surface area (Å²) in [4.78, 5) is 10.5. The third-order valence-electron chi connectivity index (χ3n) is 2.61. The molecule has 1 aromatic carbocycles. The highest BCUT2D eigenvalue weighted by Gasteiger charge is 2.21. The van der Waals surface area contributed by atoms with Gasteiger partial charge in [0.2, 0.25) is 0 Å². The van der Waals surface area contributed by atoms with E-state index >= 15 is 0 Å². The first-order chi connectivity index (χ1) is 8.79. The van der Waals surface area contributed by atoms with Gasteiger partial charge in [-0.3, -0.25) is 0 Å². The Bertz CT molecular complexity index is 641. The number of carboxylic acids is 1. The number of halogens is 1. The number of hydrogen-bond donors (Lipinski definition) is 1. The molecule has 0 aliphatic heterocycles. The van der Waals surface area contributed by atoms with Gasteiger partial charge in [0.25, 0.3) is 0 Å². The van der Waals surface area contributed by atoms with Crippen LogP contribution in [0, 0.1) is 25.1 Å². The van der Waals surface area contributed by atoms with E-state index in [9.17, 15) is 17.6 Å². The maximum atomic E-state index is 13.6. The monoisotopic (exact) mass is 284 g/mol. The number of benzene rings is 1. The second-order valence-electron chi connectivity index (χ2n) is 4.01. The summed E-state index contributed by atoms with van der Waals surface area (Å²) in [6, 6.07) is 1.78. The van der Waals surface area contributed by atoms with E-state index in [1.807, 2.05) is 0 Å². The number of hydrogen-bond acceptors (Lipinski definition) is 3. The molecule has 0 heterocycles. The molecule has 0 unspecified atom stereocenters. The van der Waals surface area contributed by atoms with E-state index in [4.69, 9.17) is 11.5 Å². The van der Waals surface area contributed by atoms with E-state index in [1.165, 1.54) is 6.92 Å². The molecule has 102 valence electrons. The van der Waals surface area contributed by atoms with Gasteiger partial charge in [-0.05, 0) is 25.5 Å². The minimum atomic E-state index is -3.74. The summed E-state index contributed by atoms with van der Waals surface area (Å²) in [6.45, 7) is 1.30. The Balaban J connectivity index is 3.26. The van der Waals surface area contributed by atoms with Gasteiger partial charge in [-0.15, -0.1) is 12.3 Å². The van der Waals surface area contributed by atoms with Gasteiger partial charge in [-0.25, -0.2) is 17.6 Å². The molecule has 0 saturated heterocycles. The van der Waals surface area contributed by atoms with Crippen molar-refractivity contribution in [1.82, 2.24) is 0 Å². The molecule has 1 rings (SSSR count). The Hall–Kier alpha value is -1.87. The molecule has 0 aliphatic rings. The molecule has 0 atom stereocenters. The van der Waals surface area contributed by atoms with E-state index < -0.39 is 27.2 Å². The van der Waals surface area contributed by atoms with Gasteiger partial charge in [0.15, 0.2) is 9.84 Å². The number of carbonyl (C=O) groups is 1. The normalized spacial score (nSPS) is 11.0. The summed E-state index contributed by atoms with van der Waals surface area (Å²) >= 11 is 0. The van der Waals surface area contributed by atoms with Crippen molar-refractivity contribution in [2.24, 2.45) is 0 Å². The lowest BCUT2D eigenvalue weighted by atomic mass is 10.1. The van der Waals surface area contributed by atoms with Crippen molar-refractivity contribution in [3.05, 3.63) is 29.1 Å². The average molecular weight is 284 g/mol. The minimum Gasteiger partial charge on any atom is -0.478 e. The molecule has 0 aliphatic carbocycles. The molecule has 1 N–H and O–H groups in total. The van der Waals surface area contributed by atoms with Crippen molar-refractivity contribution in [3.63, 3.8) is 0 Å². The molecule has 4 nitrogen and oxygen atoms in total. The van der Waals surface area contributed by atoms with Crippen LogP contribution in [0.1, 0.15) is 28.8 Å². The van der Waals surface area contributed by atoms with Crippen LogP contribution < -0.4 is 0 Å². The fourth-order valence-corrected chi connectivity index (χ4v) is 3.19. The maximum Gasteiger partial charge on any atom is 0.335 e. The Morgan fingerprint density at radius 2 is 2.11 bits per heavy atom. The summed E-state index contributed by atoms with van der Waals surface area (Å²) in [5.74, 6) is -0.148. The summed E-state index contributed by atoms with van der Waals surface area (Å²) in [6.07, 6.45) is 5.57. The van der Waals surface area contributed by atoms with E-state index in [0.717, 1.165) is 12.1 Å². The third-order valence-corrected chi connectivity index (χ3v) is 4.53. The lowest BCUT2D eigenvalue weighted by Gasteiger charge is -2.09. The predicted molar refractivity (Wildman–Crippen MR) is 68.2 cm³/mol. The van der Waals surface area contributed by atoms with Gasteiger partial charge >= 0.3 is 5.97 Å². The highest BCUT2D eigenvalue weighted by atomic mass is 32.2. The van der Waals surface area contributed by atoms with Crippen molar-refractivity contribution in [1.29, 1.82) is 0 Å². The zero-order valence-electron chi connectivity index (χ0n) is 10.3. The van der Waals surface area contributed by atoms with Crippen molar-refractivity contribution in [2.75, 3.05) is 5.75 Å². The Morgan fingerprint density at radius 3 is 2.63 bits per heavy atom. The molecular weight excluding hydrogens is 271 g/mol. The fourth-order valence-electron chi connectivity index (χ4n) is 1.57. The van der Waals surface area contributed by atoms with Crippen LogP contribution in [0.15, 0.2) is 17.0 Å². The number of terminal acetylenes is 1. The van der Waals surface area contributed by atoms with Crippen LogP contribution in [-0.4, -0.2) is 25.2 Å². The van der Waals surface area contributed by atoms with Crippen molar-refractivity contribution >= 4 is 15.8 Å². The standard InChI is InChI=1S/C13H13FO4S/c1-3-4-5-6-19(17,18)12-8-10(13(15)16)7-11(14)9(12)2/h1,7-8H,4-6H2,2H3,(H,15,16). The second kappa shape index (κ2) is 5.85. The first-order valence-electron chi connectivity index (χ1n) is 5.49. The smallest absolute Gasteiger partial charge is 0.335 e. The van der Waals surface area contributed by atoms with Crippen LogP contribution in [0.5, 0.6) is 0 Å². The van der Waals surface area contributed by atoms with Crippen LogP contribution in [0.4, 0.5) is 4.39 Å². The van der Waals surface area contributed by atoms with Crippen LogP contribution in [0.3, 0.4) is 0 Å². The molecule has 1 aromatic rings. The Morgan fingerprint density at radius 1 is 1.47 bits per heavy atom. The van der Waals surface area contributed by atoms with E-state index in [0.29, 0.717) is 6.42 Å². The molecule has 0 fully saturated rings. The topological polar surface area (TPSA) is 71.4 Å². The minimum absolute atomic E-state index is 0.0780. The van der Waals surface area contributed by atoms with Crippen LogP contribution in [0.2, 0.25) is 0 Å². The van der Waals surface area contributed by atoms with Crippen molar-refractivity contribution in [2.45, 2.75) is 24.7 Å². The quantitative estimate of drug-likeness (QED) is 0.663. The number of unbranched alkanes of at least 4 members (excludes halogenated alkanes) is 1. The summed E-state index contributed by atoms with van der Waals surface area (Å²) in [5.41, 5.74) is -0.468.